The number of pyridine rings is 1. The molecule has 1 atom stereocenters. The number of methoxy groups -OCH3 is 1. The molecule has 1 fully saturated rings. The van der Waals surface area contributed by atoms with Crippen molar-refractivity contribution in [2.45, 2.75) is 19.4 Å². The first-order chi connectivity index (χ1) is 20.0. The fraction of sp³-hybridized carbons (Fsp3) is 0.233. The quantitative estimate of drug-likeness (QED) is 0.377. The van der Waals surface area contributed by atoms with Crippen LogP contribution >= 0.6 is 0 Å². The van der Waals surface area contributed by atoms with Gasteiger partial charge >= 0.3 is 0 Å². The predicted molar refractivity (Wildman–Crippen MR) is 156 cm³/mol. The molecule has 0 aliphatic carbocycles. The molecule has 2 aliphatic rings. The molecule has 2 N–H and O–H groups in total. The van der Waals surface area contributed by atoms with E-state index in [9.17, 15) is 9.90 Å². The van der Waals surface area contributed by atoms with Gasteiger partial charge in [0.1, 0.15) is 36.3 Å². The standard InChI is InChI=1S/C28H27N5O4.2CH2O/c1-17-5-6-20(32-9-7-21(34)15-32)13-24(17)33-28(35)27-23(4-3-8-30-27)26(31-33)19-10-18(11-22(12-19)36-2)25-14-29-16-37-25;2*1-2/h3-6,8,10-14,21,29,34H,7,9,15-16H2,1-2H3;2*1H2. The van der Waals surface area contributed by atoms with Crippen molar-refractivity contribution in [1.82, 2.24) is 20.1 Å². The van der Waals surface area contributed by atoms with Gasteiger partial charge in [-0.25, -0.2) is 0 Å². The summed E-state index contributed by atoms with van der Waals surface area (Å²) >= 11 is 0. The molecule has 41 heavy (non-hydrogen) atoms. The number of rotatable bonds is 5. The van der Waals surface area contributed by atoms with Gasteiger partial charge in [-0.05, 0) is 61.4 Å². The SMILES string of the molecule is C=O.C=O.COc1cc(C2=CNCO2)cc(-c2nn(-c3cc(N4CCC(O)C4)ccc3C)c(=O)c3ncccc23)c1. The van der Waals surface area contributed by atoms with Crippen molar-refractivity contribution in [3.63, 3.8) is 0 Å². The second-order valence-corrected chi connectivity index (χ2v) is 9.28. The number of aliphatic hydroxyl groups excluding tert-OH is 1. The number of aromatic nitrogens is 3. The van der Waals surface area contributed by atoms with Crippen LogP contribution in [0.5, 0.6) is 5.75 Å². The van der Waals surface area contributed by atoms with Crippen LogP contribution in [0, 0.1) is 6.92 Å². The Morgan fingerprint density at radius 3 is 2.56 bits per heavy atom. The molecule has 0 bridgehead atoms. The van der Waals surface area contributed by atoms with E-state index in [4.69, 9.17) is 24.2 Å². The number of hydrogen-bond donors (Lipinski definition) is 2. The van der Waals surface area contributed by atoms with Crippen LogP contribution in [0.25, 0.3) is 33.6 Å². The van der Waals surface area contributed by atoms with Gasteiger partial charge in [0.05, 0.1) is 18.9 Å². The van der Waals surface area contributed by atoms with Gasteiger partial charge in [-0.3, -0.25) is 9.78 Å². The summed E-state index contributed by atoms with van der Waals surface area (Å²) in [5, 5.41) is 18.6. The van der Waals surface area contributed by atoms with E-state index in [-0.39, 0.29) is 11.7 Å². The molecule has 4 aromatic rings. The van der Waals surface area contributed by atoms with Crippen LogP contribution in [-0.4, -0.2) is 66.5 Å². The summed E-state index contributed by atoms with van der Waals surface area (Å²) in [4.78, 5) is 36.2. The van der Waals surface area contributed by atoms with E-state index >= 15 is 0 Å². The van der Waals surface area contributed by atoms with Gasteiger partial charge < -0.3 is 34.4 Å². The van der Waals surface area contributed by atoms with Crippen molar-refractivity contribution in [1.29, 1.82) is 0 Å². The highest BCUT2D eigenvalue weighted by Gasteiger charge is 2.22. The largest absolute Gasteiger partial charge is 0.497 e. The van der Waals surface area contributed by atoms with Gasteiger partial charge in [0.25, 0.3) is 5.56 Å². The van der Waals surface area contributed by atoms with Crippen molar-refractivity contribution >= 4 is 35.9 Å². The summed E-state index contributed by atoms with van der Waals surface area (Å²) in [6, 6.07) is 15.4. The summed E-state index contributed by atoms with van der Waals surface area (Å²) < 4.78 is 12.7. The van der Waals surface area contributed by atoms with Gasteiger partial charge in [-0.15, -0.1) is 0 Å². The highest BCUT2D eigenvalue weighted by Crippen LogP contribution is 2.33. The molecule has 4 heterocycles. The molecule has 212 valence electrons. The fourth-order valence-electron chi connectivity index (χ4n) is 4.90. The number of aryl methyl sites for hydroxylation is 1. The van der Waals surface area contributed by atoms with Gasteiger partial charge in [-0.1, -0.05) is 6.07 Å². The summed E-state index contributed by atoms with van der Waals surface area (Å²) in [6.45, 7) is 7.68. The van der Waals surface area contributed by atoms with E-state index in [1.165, 1.54) is 4.68 Å². The molecule has 2 aromatic heterocycles. The lowest BCUT2D eigenvalue weighted by Gasteiger charge is -2.20. The van der Waals surface area contributed by atoms with Gasteiger partial charge in [0.2, 0.25) is 0 Å². The maximum absolute atomic E-state index is 13.7. The topological polar surface area (TPSA) is 136 Å². The molecule has 11 heteroatoms. The fourth-order valence-corrected chi connectivity index (χ4v) is 4.90. The first-order valence-electron chi connectivity index (χ1n) is 12.8. The Morgan fingerprint density at radius 2 is 1.88 bits per heavy atom. The third-order valence-electron chi connectivity index (χ3n) is 6.85. The monoisotopic (exact) mass is 557 g/mol. The van der Waals surface area contributed by atoms with Crippen molar-refractivity contribution in [2.75, 3.05) is 31.8 Å². The van der Waals surface area contributed by atoms with Crippen LogP contribution in [0.2, 0.25) is 0 Å². The molecule has 2 aliphatic heterocycles. The van der Waals surface area contributed by atoms with Crippen LogP contribution in [0.3, 0.4) is 0 Å². The second-order valence-electron chi connectivity index (χ2n) is 9.28. The predicted octanol–water partition coefficient (Wildman–Crippen LogP) is 2.84. The van der Waals surface area contributed by atoms with Crippen LogP contribution in [0.1, 0.15) is 17.5 Å². The van der Waals surface area contributed by atoms with E-state index < -0.39 is 0 Å². The van der Waals surface area contributed by atoms with E-state index in [1.54, 1.807) is 19.4 Å². The minimum absolute atomic E-state index is 0.296. The summed E-state index contributed by atoms with van der Waals surface area (Å²) in [5.41, 5.74) is 4.76. The van der Waals surface area contributed by atoms with Gasteiger partial charge in [0.15, 0.2) is 6.73 Å². The van der Waals surface area contributed by atoms with Crippen molar-refractivity contribution in [2.24, 2.45) is 0 Å². The molecule has 1 unspecified atom stereocenters. The highest BCUT2D eigenvalue weighted by atomic mass is 16.5. The number of fused-ring (bicyclic) bond motifs is 1. The maximum Gasteiger partial charge on any atom is 0.298 e. The van der Waals surface area contributed by atoms with Crippen molar-refractivity contribution < 1.29 is 24.2 Å². The minimum Gasteiger partial charge on any atom is -0.497 e. The summed E-state index contributed by atoms with van der Waals surface area (Å²) in [6.07, 6.45) is 3.81. The Morgan fingerprint density at radius 1 is 1.10 bits per heavy atom. The first kappa shape index (κ1) is 29.0. The number of aliphatic hydroxyl groups is 1. The number of nitrogens with zero attached hydrogens (tertiary/aromatic N) is 4. The molecule has 6 rings (SSSR count). The number of carbonyl (C=O) groups excluding carboxylic acids is 2. The van der Waals surface area contributed by atoms with Crippen LogP contribution in [-0.2, 0) is 14.3 Å². The molecule has 0 radical (unpaired) electrons. The number of hydrogen-bond acceptors (Lipinski definition) is 10. The Bertz CT molecular complexity index is 1630. The summed E-state index contributed by atoms with van der Waals surface area (Å²) in [5.74, 6) is 1.35. The van der Waals surface area contributed by atoms with Gasteiger partial charge in [0, 0.05) is 47.7 Å². The zero-order chi connectivity index (χ0) is 29.5. The lowest BCUT2D eigenvalue weighted by Crippen LogP contribution is -2.25. The Balaban J connectivity index is 0.000000929. The van der Waals surface area contributed by atoms with E-state index in [2.05, 4.69) is 15.2 Å². The lowest BCUT2D eigenvalue weighted by molar-refractivity contribution is -0.0987. The maximum atomic E-state index is 13.7. The summed E-state index contributed by atoms with van der Waals surface area (Å²) in [7, 11) is 1.61. The van der Waals surface area contributed by atoms with Crippen LogP contribution in [0.4, 0.5) is 5.69 Å². The number of β-amino-alcohol motifs (C(OH)–C–C–N with tert-alkyl or cyclic N) is 1. The molecule has 0 saturated carbocycles. The molecule has 0 spiro atoms. The van der Waals surface area contributed by atoms with Crippen molar-refractivity contribution in [3.05, 3.63) is 82.4 Å². The van der Waals surface area contributed by atoms with E-state index in [0.717, 1.165) is 35.3 Å². The Kier molecular flexibility index (Phi) is 9.10. The second kappa shape index (κ2) is 12.9. The van der Waals surface area contributed by atoms with E-state index in [0.29, 0.717) is 47.1 Å². The molecular weight excluding hydrogens is 526 g/mol. The van der Waals surface area contributed by atoms with Crippen LogP contribution in [0.15, 0.2) is 65.7 Å². The minimum atomic E-state index is -0.349. The number of benzene rings is 2. The smallest absolute Gasteiger partial charge is 0.298 e. The zero-order valence-corrected chi connectivity index (χ0v) is 22.9. The molecule has 2 aromatic carbocycles. The normalized spacial score (nSPS) is 15.5. The highest BCUT2D eigenvalue weighted by molar-refractivity contribution is 5.92. The molecular formula is C30H31N5O6. The van der Waals surface area contributed by atoms with E-state index in [1.807, 2.05) is 69.2 Å². The third-order valence-corrected chi connectivity index (χ3v) is 6.85. The number of nitrogens with one attached hydrogen (secondary N) is 1. The third kappa shape index (κ3) is 5.80. The Hall–Kier alpha value is -5.03. The lowest BCUT2D eigenvalue weighted by atomic mass is 10.0. The average Bonchev–Trinajstić information content (AvgIpc) is 3.72. The number of ether oxygens (including phenoxy) is 2. The van der Waals surface area contributed by atoms with Gasteiger partial charge in [-0.2, -0.15) is 9.78 Å². The average molecular weight is 558 g/mol. The first-order valence-corrected chi connectivity index (χ1v) is 12.8. The number of carbonyl (C=O) groups is 2. The molecule has 11 nitrogen and oxygen atoms in total. The van der Waals surface area contributed by atoms with Crippen molar-refractivity contribution in [3.8, 4) is 22.7 Å². The van der Waals surface area contributed by atoms with Crippen LogP contribution < -0.4 is 20.5 Å². The Labute approximate surface area is 236 Å². The molecule has 1 saturated heterocycles. The number of anilines is 1. The molecule has 0 amide bonds. The zero-order valence-electron chi connectivity index (χ0n) is 22.9.